The molecule has 1 unspecified atom stereocenters. The van der Waals surface area contributed by atoms with Crippen LogP contribution in [0.4, 0.5) is 0 Å². The van der Waals surface area contributed by atoms with Gasteiger partial charge < -0.3 is 26.2 Å². The van der Waals surface area contributed by atoms with Crippen molar-refractivity contribution in [1.82, 2.24) is 15.1 Å². The van der Waals surface area contributed by atoms with Crippen LogP contribution < -0.4 is 11.1 Å². The number of carbonyl (C=O) groups excluding carboxylic acids is 2. The predicted molar refractivity (Wildman–Crippen MR) is 91.7 cm³/mol. The third-order valence-corrected chi connectivity index (χ3v) is 5.75. The maximum Gasteiger partial charge on any atom is 0.352 e. The minimum absolute atomic E-state index is 0.0675. The van der Waals surface area contributed by atoms with E-state index in [4.69, 9.17) is 5.73 Å². The maximum atomic E-state index is 12.3. The number of rotatable bonds is 7. The number of hydrogen-bond donors (Lipinski definition) is 4. The number of carboxylic acid groups (broad SMARTS) is 1. The summed E-state index contributed by atoms with van der Waals surface area (Å²) in [6.07, 6.45) is 0.0504. The Hall–Kier alpha value is -1.97. The zero-order valence-electron chi connectivity index (χ0n) is 15.0. The number of fused-ring (bicyclic) bond motifs is 1. The second kappa shape index (κ2) is 6.98. The Kier molecular flexibility index (Phi) is 5.05. The minimum atomic E-state index is -1.10. The van der Waals surface area contributed by atoms with Gasteiger partial charge in [0.05, 0.1) is 24.6 Å². The van der Waals surface area contributed by atoms with Gasteiger partial charge >= 0.3 is 5.97 Å². The Labute approximate surface area is 151 Å². The molecule has 3 aliphatic rings. The highest BCUT2D eigenvalue weighted by molar-refractivity contribution is 6.00. The predicted octanol–water partition coefficient (Wildman–Crippen LogP) is -1.67. The number of likely N-dealkylation sites (tertiary alicyclic amines) is 1. The van der Waals surface area contributed by atoms with Crippen molar-refractivity contribution < 1.29 is 24.6 Å². The number of nitrogens with two attached hydrogens (primary N) is 1. The van der Waals surface area contributed by atoms with Crippen molar-refractivity contribution >= 4 is 17.8 Å². The van der Waals surface area contributed by atoms with Gasteiger partial charge in [-0.2, -0.15) is 0 Å². The summed E-state index contributed by atoms with van der Waals surface area (Å²) in [7, 11) is 0. The zero-order valence-corrected chi connectivity index (χ0v) is 15.0. The number of carboxylic acids is 1. The molecule has 9 nitrogen and oxygen atoms in total. The summed E-state index contributed by atoms with van der Waals surface area (Å²) in [5.41, 5.74) is 5.95. The zero-order chi connectivity index (χ0) is 19.2. The number of β-lactam (4-membered cyclic amide) rings is 1. The number of primary amides is 1. The highest BCUT2D eigenvalue weighted by atomic mass is 16.4. The van der Waals surface area contributed by atoms with Crippen LogP contribution in [0.5, 0.6) is 0 Å². The van der Waals surface area contributed by atoms with Crippen LogP contribution in [0.3, 0.4) is 0 Å². The van der Waals surface area contributed by atoms with Crippen LogP contribution >= 0.6 is 0 Å². The first-order valence-corrected chi connectivity index (χ1v) is 8.93. The van der Waals surface area contributed by atoms with Gasteiger partial charge in [0.15, 0.2) is 0 Å². The van der Waals surface area contributed by atoms with E-state index in [2.05, 4.69) is 10.2 Å². The molecule has 5 atom stereocenters. The van der Waals surface area contributed by atoms with Gasteiger partial charge in [-0.3, -0.25) is 14.5 Å². The first kappa shape index (κ1) is 18.8. The normalized spacial score (nSPS) is 32.6. The molecule has 3 rings (SSSR count). The second-order valence-corrected chi connectivity index (χ2v) is 7.50. The van der Waals surface area contributed by atoms with E-state index >= 15 is 0 Å². The van der Waals surface area contributed by atoms with Gasteiger partial charge in [0.1, 0.15) is 5.70 Å². The smallest absolute Gasteiger partial charge is 0.352 e. The number of amides is 2. The number of hydrogen-bond acceptors (Lipinski definition) is 6. The Bertz CT molecular complexity index is 662. The fourth-order valence-corrected chi connectivity index (χ4v) is 4.48. The Morgan fingerprint density at radius 3 is 2.69 bits per heavy atom. The number of carbonyl (C=O) groups is 3. The lowest BCUT2D eigenvalue weighted by molar-refractivity contribution is -0.163. The lowest BCUT2D eigenvalue weighted by atomic mass is 9.77. The van der Waals surface area contributed by atoms with E-state index in [-0.39, 0.29) is 36.2 Å². The fourth-order valence-electron chi connectivity index (χ4n) is 4.48. The summed E-state index contributed by atoms with van der Waals surface area (Å²) in [5, 5.41) is 22.6. The van der Waals surface area contributed by atoms with Crippen LogP contribution in [0, 0.1) is 11.8 Å². The highest BCUT2D eigenvalue weighted by Gasteiger charge is 2.59. The van der Waals surface area contributed by atoms with E-state index in [0.717, 1.165) is 18.5 Å². The van der Waals surface area contributed by atoms with Crippen molar-refractivity contribution in [3.05, 3.63) is 11.3 Å². The topological polar surface area (TPSA) is 136 Å². The second-order valence-electron chi connectivity index (χ2n) is 7.50. The standard InChI is InChI=1S/C17H26N4O5/c1-8-11(7-20-4-3-10(6-20)19-5-12(18)23)15(17(25)26)21-14(8)13(9(2)22)16(21)24/h8-10,13-14,19,22H,3-7H2,1-2H3,(H2,18,23)(H,25,26)/t8-,9+,10-,13?,14+/m0/s1. The van der Waals surface area contributed by atoms with Gasteiger partial charge in [-0.1, -0.05) is 6.92 Å². The number of nitrogens with zero attached hydrogens (tertiary/aromatic N) is 2. The summed E-state index contributed by atoms with van der Waals surface area (Å²) in [6, 6.07) is -0.146. The molecule has 0 bridgehead atoms. The molecule has 2 fully saturated rings. The van der Waals surface area contributed by atoms with E-state index in [1.54, 1.807) is 6.92 Å². The van der Waals surface area contributed by atoms with Crippen molar-refractivity contribution in [3.8, 4) is 0 Å². The van der Waals surface area contributed by atoms with Crippen LogP contribution in [0.25, 0.3) is 0 Å². The van der Waals surface area contributed by atoms with Crippen molar-refractivity contribution in [2.75, 3.05) is 26.2 Å². The number of aliphatic hydroxyl groups excluding tert-OH is 1. The quantitative estimate of drug-likeness (QED) is 0.396. The molecule has 0 saturated carbocycles. The van der Waals surface area contributed by atoms with E-state index in [0.29, 0.717) is 13.1 Å². The van der Waals surface area contributed by atoms with Crippen LogP contribution in [0.1, 0.15) is 20.3 Å². The van der Waals surface area contributed by atoms with Gasteiger partial charge in [-0.25, -0.2) is 4.79 Å². The van der Waals surface area contributed by atoms with E-state index in [9.17, 15) is 24.6 Å². The van der Waals surface area contributed by atoms with Crippen molar-refractivity contribution in [2.45, 2.75) is 38.5 Å². The van der Waals surface area contributed by atoms with Crippen LogP contribution in [0.15, 0.2) is 11.3 Å². The molecule has 3 heterocycles. The van der Waals surface area contributed by atoms with E-state index in [1.165, 1.54) is 4.90 Å². The van der Waals surface area contributed by atoms with Crippen molar-refractivity contribution in [3.63, 3.8) is 0 Å². The molecule has 0 aliphatic carbocycles. The molecule has 3 aliphatic heterocycles. The average molecular weight is 366 g/mol. The SMILES string of the molecule is C[C@@H](O)C1C(=O)N2C(C(=O)O)=C(CN3CC[C@H](NCC(N)=O)C3)[C@H](C)[C@H]12. The largest absolute Gasteiger partial charge is 0.477 e. The maximum absolute atomic E-state index is 12.3. The number of nitrogens with one attached hydrogen (secondary N) is 1. The lowest BCUT2D eigenvalue weighted by Crippen LogP contribution is -2.63. The van der Waals surface area contributed by atoms with Gasteiger partial charge in [-0.05, 0) is 18.9 Å². The molecule has 144 valence electrons. The van der Waals surface area contributed by atoms with Gasteiger partial charge in [0, 0.05) is 31.6 Å². The molecular formula is C17H26N4O5. The third kappa shape index (κ3) is 3.10. The number of aliphatic carboxylic acids is 1. The summed E-state index contributed by atoms with van der Waals surface area (Å²) in [5.74, 6) is -2.48. The summed E-state index contributed by atoms with van der Waals surface area (Å²) < 4.78 is 0. The Balaban J connectivity index is 1.72. The van der Waals surface area contributed by atoms with Crippen LogP contribution in [-0.4, -0.2) is 82.2 Å². The van der Waals surface area contributed by atoms with Crippen LogP contribution in [-0.2, 0) is 14.4 Å². The molecule has 0 aromatic rings. The molecule has 0 spiro atoms. The average Bonchev–Trinajstić information content (AvgIpc) is 3.08. The molecule has 2 saturated heterocycles. The Morgan fingerprint density at radius 2 is 2.12 bits per heavy atom. The molecule has 0 aromatic carbocycles. The van der Waals surface area contributed by atoms with Crippen molar-refractivity contribution in [2.24, 2.45) is 17.6 Å². The van der Waals surface area contributed by atoms with Gasteiger partial charge in [0.2, 0.25) is 11.8 Å². The fraction of sp³-hybridized carbons (Fsp3) is 0.706. The minimum Gasteiger partial charge on any atom is -0.477 e. The van der Waals surface area contributed by atoms with Crippen molar-refractivity contribution in [1.29, 1.82) is 0 Å². The molecule has 0 radical (unpaired) electrons. The summed E-state index contributed by atoms with van der Waals surface area (Å²) in [4.78, 5) is 38.5. The highest BCUT2D eigenvalue weighted by Crippen LogP contribution is 2.47. The van der Waals surface area contributed by atoms with Gasteiger partial charge in [0.25, 0.3) is 0 Å². The first-order chi connectivity index (χ1) is 12.2. The van der Waals surface area contributed by atoms with E-state index < -0.39 is 23.9 Å². The van der Waals surface area contributed by atoms with E-state index in [1.807, 2.05) is 6.92 Å². The molecule has 26 heavy (non-hydrogen) atoms. The first-order valence-electron chi connectivity index (χ1n) is 8.93. The molecule has 2 amide bonds. The Morgan fingerprint density at radius 1 is 1.42 bits per heavy atom. The summed E-state index contributed by atoms with van der Waals surface area (Å²) >= 11 is 0. The lowest BCUT2D eigenvalue weighted by Gasteiger charge is -2.46. The third-order valence-electron chi connectivity index (χ3n) is 5.75. The molecular weight excluding hydrogens is 340 g/mol. The molecule has 9 heteroatoms. The number of aliphatic hydroxyl groups is 1. The monoisotopic (exact) mass is 366 g/mol. The summed E-state index contributed by atoms with van der Waals surface area (Å²) in [6.45, 7) is 5.54. The molecule has 0 aromatic heterocycles. The van der Waals surface area contributed by atoms with Crippen LogP contribution in [0.2, 0.25) is 0 Å². The molecule has 5 N–H and O–H groups in total. The van der Waals surface area contributed by atoms with Gasteiger partial charge in [-0.15, -0.1) is 0 Å².